The normalized spacial score (nSPS) is 11.8. The number of hydrogen-bond acceptors (Lipinski definition) is 5. The fourth-order valence-corrected chi connectivity index (χ4v) is 2.08. The van der Waals surface area contributed by atoms with Crippen LogP contribution in [0.25, 0.3) is 0 Å². The van der Waals surface area contributed by atoms with Gasteiger partial charge in [0.1, 0.15) is 0 Å². The van der Waals surface area contributed by atoms with E-state index in [1.54, 1.807) is 36.0 Å². The van der Waals surface area contributed by atoms with Gasteiger partial charge in [-0.3, -0.25) is 9.59 Å². The Labute approximate surface area is 128 Å². The van der Waals surface area contributed by atoms with E-state index < -0.39 is 6.04 Å². The van der Waals surface area contributed by atoms with Crippen LogP contribution in [0, 0.1) is 0 Å². The SMILES string of the molecule is CSCC[C@@H](N)C(=O)Nc1ccc(C(=O)NCCO)cc1. The number of nitrogens with two attached hydrogens (primary N) is 1. The number of aliphatic hydroxyl groups is 1. The van der Waals surface area contributed by atoms with Crippen LogP contribution in [0.15, 0.2) is 24.3 Å². The number of rotatable bonds is 8. The van der Waals surface area contributed by atoms with Gasteiger partial charge in [0.05, 0.1) is 12.6 Å². The minimum atomic E-state index is -0.537. The van der Waals surface area contributed by atoms with E-state index in [4.69, 9.17) is 10.8 Å². The monoisotopic (exact) mass is 311 g/mol. The van der Waals surface area contributed by atoms with Crippen molar-refractivity contribution in [3.05, 3.63) is 29.8 Å². The van der Waals surface area contributed by atoms with Crippen LogP contribution in [-0.2, 0) is 4.79 Å². The van der Waals surface area contributed by atoms with E-state index in [0.29, 0.717) is 17.7 Å². The van der Waals surface area contributed by atoms with E-state index in [-0.39, 0.29) is 25.0 Å². The maximum absolute atomic E-state index is 11.8. The lowest BCUT2D eigenvalue weighted by atomic mass is 10.1. The molecule has 5 N–H and O–H groups in total. The van der Waals surface area contributed by atoms with Crippen LogP contribution < -0.4 is 16.4 Å². The summed E-state index contributed by atoms with van der Waals surface area (Å²) < 4.78 is 0. The smallest absolute Gasteiger partial charge is 0.251 e. The van der Waals surface area contributed by atoms with Gasteiger partial charge in [0.25, 0.3) is 5.91 Å². The summed E-state index contributed by atoms with van der Waals surface area (Å²) in [5, 5.41) is 13.9. The molecule has 6 nitrogen and oxygen atoms in total. The Kier molecular flexibility index (Phi) is 7.81. The Morgan fingerprint density at radius 3 is 2.57 bits per heavy atom. The lowest BCUT2D eigenvalue weighted by Gasteiger charge is -2.12. The number of nitrogens with one attached hydrogen (secondary N) is 2. The number of carbonyl (C=O) groups is 2. The topological polar surface area (TPSA) is 104 Å². The minimum Gasteiger partial charge on any atom is -0.395 e. The summed E-state index contributed by atoms with van der Waals surface area (Å²) in [6.45, 7) is 0.107. The summed E-state index contributed by atoms with van der Waals surface area (Å²) in [6.07, 6.45) is 2.58. The summed E-state index contributed by atoms with van der Waals surface area (Å²) >= 11 is 1.64. The van der Waals surface area contributed by atoms with Crippen LogP contribution in [0.5, 0.6) is 0 Å². The van der Waals surface area contributed by atoms with E-state index in [1.807, 2.05) is 6.26 Å². The van der Waals surface area contributed by atoms with Gasteiger partial charge >= 0.3 is 0 Å². The second-order valence-electron chi connectivity index (χ2n) is 4.43. The van der Waals surface area contributed by atoms with Gasteiger partial charge in [-0.25, -0.2) is 0 Å². The molecule has 2 amide bonds. The van der Waals surface area contributed by atoms with E-state index in [9.17, 15) is 9.59 Å². The molecule has 0 heterocycles. The molecule has 0 saturated carbocycles. The first-order chi connectivity index (χ1) is 10.1. The summed E-state index contributed by atoms with van der Waals surface area (Å²) in [5.74, 6) is 0.332. The molecule has 0 radical (unpaired) electrons. The Hall–Kier alpha value is -1.57. The number of thioether (sulfide) groups is 1. The zero-order valence-corrected chi connectivity index (χ0v) is 12.8. The van der Waals surface area contributed by atoms with E-state index in [1.165, 1.54) is 0 Å². The van der Waals surface area contributed by atoms with Gasteiger partial charge in [0.2, 0.25) is 5.91 Å². The summed E-state index contributed by atoms with van der Waals surface area (Å²) in [7, 11) is 0. The molecule has 0 saturated heterocycles. The average Bonchev–Trinajstić information content (AvgIpc) is 2.50. The van der Waals surface area contributed by atoms with Crippen LogP contribution in [0.2, 0.25) is 0 Å². The summed E-state index contributed by atoms with van der Waals surface area (Å²) in [6, 6.07) is 5.97. The zero-order valence-electron chi connectivity index (χ0n) is 12.0. The van der Waals surface area contributed by atoms with Gasteiger partial charge in [-0.2, -0.15) is 11.8 Å². The molecule has 1 aromatic carbocycles. The van der Waals surface area contributed by atoms with Gasteiger partial charge < -0.3 is 21.5 Å². The van der Waals surface area contributed by atoms with Crippen molar-refractivity contribution >= 4 is 29.3 Å². The molecule has 0 aliphatic carbocycles. The molecule has 1 atom stereocenters. The van der Waals surface area contributed by atoms with Gasteiger partial charge in [-0.1, -0.05) is 0 Å². The second-order valence-corrected chi connectivity index (χ2v) is 5.42. The number of amides is 2. The molecule has 0 unspecified atom stereocenters. The Morgan fingerprint density at radius 1 is 1.33 bits per heavy atom. The van der Waals surface area contributed by atoms with Gasteiger partial charge in [-0.05, 0) is 42.7 Å². The third-order valence-electron chi connectivity index (χ3n) is 2.78. The number of benzene rings is 1. The summed E-state index contributed by atoms with van der Waals surface area (Å²) in [5.41, 5.74) is 6.83. The highest BCUT2D eigenvalue weighted by atomic mass is 32.2. The quantitative estimate of drug-likeness (QED) is 0.557. The molecule has 7 heteroatoms. The van der Waals surface area contributed by atoms with Crippen LogP contribution in [0.1, 0.15) is 16.8 Å². The fraction of sp³-hybridized carbons (Fsp3) is 0.429. The van der Waals surface area contributed by atoms with Crippen molar-refractivity contribution < 1.29 is 14.7 Å². The van der Waals surface area contributed by atoms with Crippen molar-refractivity contribution in [2.75, 3.05) is 30.5 Å². The van der Waals surface area contributed by atoms with Gasteiger partial charge in [0.15, 0.2) is 0 Å². The lowest BCUT2D eigenvalue weighted by molar-refractivity contribution is -0.117. The first kappa shape index (κ1) is 17.5. The van der Waals surface area contributed by atoms with Crippen molar-refractivity contribution in [2.45, 2.75) is 12.5 Å². The predicted octanol–water partition coefficient (Wildman–Crippen LogP) is 0.428. The third kappa shape index (κ3) is 6.16. The van der Waals surface area contributed by atoms with Gasteiger partial charge in [0, 0.05) is 17.8 Å². The van der Waals surface area contributed by atoms with Crippen LogP contribution in [0.3, 0.4) is 0 Å². The zero-order chi connectivity index (χ0) is 15.7. The second kappa shape index (κ2) is 9.38. The van der Waals surface area contributed by atoms with E-state index >= 15 is 0 Å². The Bertz CT molecular complexity index is 465. The fourth-order valence-electron chi connectivity index (χ4n) is 1.59. The lowest BCUT2D eigenvalue weighted by Crippen LogP contribution is -2.36. The molecule has 0 spiro atoms. The highest BCUT2D eigenvalue weighted by Gasteiger charge is 2.13. The van der Waals surface area contributed by atoms with Gasteiger partial charge in [-0.15, -0.1) is 0 Å². The Balaban J connectivity index is 2.54. The summed E-state index contributed by atoms with van der Waals surface area (Å²) in [4.78, 5) is 23.5. The third-order valence-corrected chi connectivity index (χ3v) is 3.43. The maximum atomic E-state index is 11.8. The largest absolute Gasteiger partial charge is 0.395 e. The molecule has 0 aromatic heterocycles. The molecular weight excluding hydrogens is 290 g/mol. The molecule has 0 bridgehead atoms. The van der Waals surface area contributed by atoms with Crippen molar-refractivity contribution in [3.8, 4) is 0 Å². The molecule has 1 rings (SSSR count). The van der Waals surface area contributed by atoms with Crippen LogP contribution in [-0.4, -0.2) is 48.1 Å². The van der Waals surface area contributed by atoms with Crippen molar-refractivity contribution in [2.24, 2.45) is 5.73 Å². The Morgan fingerprint density at radius 2 is 2.00 bits per heavy atom. The molecular formula is C14H21N3O3S. The number of carbonyl (C=O) groups excluding carboxylic acids is 2. The first-order valence-electron chi connectivity index (χ1n) is 6.63. The molecule has 0 aliphatic heterocycles. The number of hydrogen-bond donors (Lipinski definition) is 4. The first-order valence-corrected chi connectivity index (χ1v) is 8.02. The van der Waals surface area contributed by atoms with Crippen LogP contribution >= 0.6 is 11.8 Å². The van der Waals surface area contributed by atoms with Crippen molar-refractivity contribution in [1.29, 1.82) is 0 Å². The molecule has 0 aliphatic rings. The van der Waals surface area contributed by atoms with Crippen LogP contribution in [0.4, 0.5) is 5.69 Å². The van der Waals surface area contributed by atoms with E-state index in [2.05, 4.69) is 10.6 Å². The molecule has 116 valence electrons. The standard InChI is InChI=1S/C14H21N3O3S/c1-21-9-6-12(15)14(20)17-11-4-2-10(3-5-11)13(19)16-7-8-18/h2-5,12,18H,6-9,15H2,1H3,(H,16,19)(H,17,20)/t12-/m1/s1. The molecule has 0 fully saturated rings. The highest BCUT2D eigenvalue weighted by Crippen LogP contribution is 2.10. The molecule has 1 aromatic rings. The predicted molar refractivity (Wildman–Crippen MR) is 85.5 cm³/mol. The average molecular weight is 311 g/mol. The maximum Gasteiger partial charge on any atom is 0.251 e. The van der Waals surface area contributed by atoms with Crippen molar-refractivity contribution in [3.63, 3.8) is 0 Å². The highest BCUT2D eigenvalue weighted by molar-refractivity contribution is 7.98. The number of anilines is 1. The number of aliphatic hydroxyl groups excluding tert-OH is 1. The minimum absolute atomic E-state index is 0.103. The van der Waals surface area contributed by atoms with E-state index in [0.717, 1.165) is 5.75 Å². The molecule has 21 heavy (non-hydrogen) atoms. The van der Waals surface area contributed by atoms with Crippen molar-refractivity contribution in [1.82, 2.24) is 5.32 Å².